The lowest BCUT2D eigenvalue weighted by molar-refractivity contribution is -0.111. The van der Waals surface area contributed by atoms with E-state index in [1.165, 1.54) is 18.2 Å². The standard InChI is InChI=1S/C10H12O3/c11-7-3-5-10(13)4-1-2-9(12)8(10)6-7/h3,5-6,9,12-13H,1-2,4H2. The van der Waals surface area contributed by atoms with Gasteiger partial charge in [0.15, 0.2) is 5.78 Å². The van der Waals surface area contributed by atoms with Crippen molar-refractivity contribution in [1.82, 2.24) is 0 Å². The minimum absolute atomic E-state index is 0.152. The summed E-state index contributed by atoms with van der Waals surface area (Å²) in [4.78, 5) is 11.0. The van der Waals surface area contributed by atoms with Crippen LogP contribution in [0.3, 0.4) is 0 Å². The van der Waals surface area contributed by atoms with Gasteiger partial charge in [-0.25, -0.2) is 0 Å². The Morgan fingerprint density at radius 2 is 2.31 bits per heavy atom. The van der Waals surface area contributed by atoms with Crippen molar-refractivity contribution >= 4 is 5.78 Å². The molecule has 0 aromatic heterocycles. The van der Waals surface area contributed by atoms with E-state index in [-0.39, 0.29) is 5.78 Å². The van der Waals surface area contributed by atoms with Gasteiger partial charge in [-0.15, -0.1) is 0 Å². The summed E-state index contributed by atoms with van der Waals surface area (Å²) in [5.41, 5.74) is -0.600. The Labute approximate surface area is 76.4 Å². The molecule has 0 aromatic rings. The van der Waals surface area contributed by atoms with Gasteiger partial charge < -0.3 is 10.2 Å². The lowest BCUT2D eigenvalue weighted by atomic mass is 9.75. The molecule has 3 nitrogen and oxygen atoms in total. The van der Waals surface area contributed by atoms with Gasteiger partial charge >= 0.3 is 0 Å². The molecule has 13 heavy (non-hydrogen) atoms. The van der Waals surface area contributed by atoms with E-state index >= 15 is 0 Å². The van der Waals surface area contributed by atoms with Crippen LogP contribution in [0.4, 0.5) is 0 Å². The summed E-state index contributed by atoms with van der Waals surface area (Å²) in [5, 5.41) is 19.6. The molecular formula is C10H12O3. The Bertz CT molecular complexity index is 303. The maximum atomic E-state index is 11.0. The van der Waals surface area contributed by atoms with Gasteiger partial charge in [-0.1, -0.05) is 0 Å². The number of ketones is 1. The van der Waals surface area contributed by atoms with Gasteiger partial charge in [0, 0.05) is 0 Å². The van der Waals surface area contributed by atoms with Crippen molar-refractivity contribution in [3.63, 3.8) is 0 Å². The summed E-state index contributed by atoms with van der Waals surface area (Å²) in [6.07, 6.45) is 5.56. The fraction of sp³-hybridized carbons (Fsp3) is 0.500. The molecule has 3 heteroatoms. The van der Waals surface area contributed by atoms with Crippen LogP contribution >= 0.6 is 0 Å². The van der Waals surface area contributed by atoms with Gasteiger partial charge in [-0.05, 0) is 43.1 Å². The minimum Gasteiger partial charge on any atom is -0.389 e. The number of aliphatic hydroxyl groups is 2. The first-order chi connectivity index (χ1) is 6.12. The second kappa shape index (κ2) is 2.79. The van der Waals surface area contributed by atoms with E-state index in [2.05, 4.69) is 0 Å². The number of rotatable bonds is 0. The zero-order chi connectivity index (χ0) is 9.47. The SMILES string of the molecule is O=C1C=CC2(O)CCCC(O)C2=C1. The van der Waals surface area contributed by atoms with Crippen LogP contribution in [-0.4, -0.2) is 27.7 Å². The van der Waals surface area contributed by atoms with E-state index in [4.69, 9.17) is 0 Å². The Morgan fingerprint density at radius 1 is 1.54 bits per heavy atom. The third-order valence-electron chi connectivity index (χ3n) is 2.72. The van der Waals surface area contributed by atoms with Crippen molar-refractivity contribution in [2.75, 3.05) is 0 Å². The maximum Gasteiger partial charge on any atom is 0.178 e. The number of aliphatic hydroxyl groups excluding tert-OH is 1. The molecule has 0 heterocycles. The summed E-state index contributed by atoms with van der Waals surface area (Å²) < 4.78 is 0. The van der Waals surface area contributed by atoms with Crippen molar-refractivity contribution in [1.29, 1.82) is 0 Å². The second-order valence-corrected chi connectivity index (χ2v) is 3.67. The summed E-state index contributed by atoms with van der Waals surface area (Å²) in [7, 11) is 0. The molecule has 0 spiro atoms. The van der Waals surface area contributed by atoms with E-state index in [9.17, 15) is 15.0 Å². The number of carbonyl (C=O) groups is 1. The van der Waals surface area contributed by atoms with E-state index in [1.54, 1.807) is 0 Å². The van der Waals surface area contributed by atoms with E-state index in [1.807, 2.05) is 0 Å². The number of hydrogen-bond acceptors (Lipinski definition) is 3. The Morgan fingerprint density at radius 3 is 3.08 bits per heavy atom. The van der Waals surface area contributed by atoms with Crippen molar-refractivity contribution in [3.8, 4) is 0 Å². The van der Waals surface area contributed by atoms with Crippen LogP contribution in [0.15, 0.2) is 23.8 Å². The molecule has 1 saturated carbocycles. The van der Waals surface area contributed by atoms with Crippen LogP contribution in [0.5, 0.6) is 0 Å². The molecule has 2 rings (SSSR count). The van der Waals surface area contributed by atoms with Crippen molar-refractivity contribution in [3.05, 3.63) is 23.8 Å². The molecule has 0 aliphatic heterocycles. The zero-order valence-electron chi connectivity index (χ0n) is 7.23. The molecule has 2 unspecified atom stereocenters. The Balaban J connectivity index is 2.39. The molecule has 0 radical (unpaired) electrons. The molecule has 1 fully saturated rings. The number of hydrogen-bond donors (Lipinski definition) is 2. The molecule has 2 aliphatic rings. The van der Waals surface area contributed by atoms with Gasteiger partial charge in [0.05, 0.1) is 6.10 Å². The Hall–Kier alpha value is -0.930. The minimum atomic E-state index is -1.06. The molecule has 0 saturated heterocycles. The third kappa shape index (κ3) is 1.34. The first kappa shape index (κ1) is 8.66. The van der Waals surface area contributed by atoms with Crippen LogP contribution in [0, 0.1) is 0 Å². The van der Waals surface area contributed by atoms with Gasteiger partial charge in [-0.3, -0.25) is 4.79 Å². The first-order valence-corrected chi connectivity index (χ1v) is 4.47. The molecule has 2 atom stereocenters. The van der Waals surface area contributed by atoms with Crippen LogP contribution < -0.4 is 0 Å². The van der Waals surface area contributed by atoms with Gasteiger partial charge in [0.25, 0.3) is 0 Å². The van der Waals surface area contributed by atoms with Gasteiger partial charge in [0.2, 0.25) is 0 Å². The lowest BCUT2D eigenvalue weighted by Gasteiger charge is -2.36. The molecule has 0 bridgehead atoms. The van der Waals surface area contributed by atoms with Crippen LogP contribution in [0.1, 0.15) is 19.3 Å². The largest absolute Gasteiger partial charge is 0.389 e. The summed E-state index contributed by atoms with van der Waals surface area (Å²) in [5.74, 6) is -0.152. The van der Waals surface area contributed by atoms with E-state index < -0.39 is 11.7 Å². The average Bonchev–Trinajstić information content (AvgIpc) is 2.08. The van der Waals surface area contributed by atoms with Crippen LogP contribution in [0.2, 0.25) is 0 Å². The van der Waals surface area contributed by atoms with E-state index in [0.717, 1.165) is 6.42 Å². The van der Waals surface area contributed by atoms with Gasteiger partial charge in [-0.2, -0.15) is 0 Å². The third-order valence-corrected chi connectivity index (χ3v) is 2.72. The summed E-state index contributed by atoms with van der Waals surface area (Å²) in [6, 6.07) is 0. The molecule has 0 aromatic carbocycles. The first-order valence-electron chi connectivity index (χ1n) is 4.47. The fourth-order valence-corrected chi connectivity index (χ4v) is 1.98. The average molecular weight is 180 g/mol. The molecule has 2 N–H and O–H groups in total. The predicted molar refractivity (Wildman–Crippen MR) is 47.0 cm³/mol. The Kier molecular flexibility index (Phi) is 1.86. The number of carbonyl (C=O) groups excluding carboxylic acids is 1. The lowest BCUT2D eigenvalue weighted by Crippen LogP contribution is -2.40. The topological polar surface area (TPSA) is 57.5 Å². The van der Waals surface area contributed by atoms with Crippen molar-refractivity contribution in [2.24, 2.45) is 0 Å². The van der Waals surface area contributed by atoms with Crippen molar-refractivity contribution in [2.45, 2.75) is 31.0 Å². The summed E-state index contributed by atoms with van der Waals surface area (Å²) >= 11 is 0. The predicted octanol–water partition coefficient (Wildman–Crippen LogP) is 0.328. The quantitative estimate of drug-likeness (QED) is 0.564. The summed E-state index contributed by atoms with van der Waals surface area (Å²) in [6.45, 7) is 0. The molecular weight excluding hydrogens is 168 g/mol. The highest BCUT2D eigenvalue weighted by molar-refractivity contribution is 6.01. The normalized spacial score (nSPS) is 38.5. The zero-order valence-corrected chi connectivity index (χ0v) is 7.23. The molecule has 2 aliphatic carbocycles. The highest BCUT2D eigenvalue weighted by atomic mass is 16.3. The molecule has 70 valence electrons. The van der Waals surface area contributed by atoms with Gasteiger partial charge in [0.1, 0.15) is 5.60 Å². The second-order valence-electron chi connectivity index (χ2n) is 3.67. The smallest absolute Gasteiger partial charge is 0.178 e. The highest BCUT2D eigenvalue weighted by Gasteiger charge is 2.38. The van der Waals surface area contributed by atoms with Crippen LogP contribution in [0.25, 0.3) is 0 Å². The fourth-order valence-electron chi connectivity index (χ4n) is 1.98. The van der Waals surface area contributed by atoms with Crippen molar-refractivity contribution < 1.29 is 15.0 Å². The monoisotopic (exact) mass is 180 g/mol. The number of fused-ring (bicyclic) bond motifs is 1. The highest BCUT2D eigenvalue weighted by Crippen LogP contribution is 2.36. The number of allylic oxidation sites excluding steroid dienone is 2. The van der Waals surface area contributed by atoms with E-state index in [0.29, 0.717) is 18.4 Å². The van der Waals surface area contributed by atoms with Crippen LogP contribution in [-0.2, 0) is 4.79 Å². The maximum absolute atomic E-state index is 11.0. The molecule has 0 amide bonds.